The summed E-state index contributed by atoms with van der Waals surface area (Å²) in [6.07, 6.45) is 3.19. The predicted molar refractivity (Wildman–Crippen MR) is 130 cm³/mol. The molecule has 4 N–H and O–H groups in total. The van der Waals surface area contributed by atoms with Crippen LogP contribution in [-0.4, -0.2) is 49.4 Å². The highest BCUT2D eigenvalue weighted by Gasteiger charge is 2.30. The Bertz CT molecular complexity index is 1220. The predicted octanol–water partition coefficient (Wildman–Crippen LogP) is 2.41. The number of carbonyl (C=O) groups excluding carboxylic acids is 2. The number of rotatable bonds is 10. The maximum atomic E-state index is 12.8. The van der Waals surface area contributed by atoms with Gasteiger partial charge in [0.05, 0.1) is 23.0 Å². The van der Waals surface area contributed by atoms with Crippen molar-refractivity contribution in [2.75, 3.05) is 17.2 Å². The number of carbonyl (C=O) groups is 2. The van der Waals surface area contributed by atoms with Gasteiger partial charge >= 0.3 is 0 Å². The molecule has 184 valence electrons. The Morgan fingerprint density at radius 3 is 2.66 bits per heavy atom. The highest BCUT2D eigenvalue weighted by molar-refractivity contribution is 6.00. The van der Waals surface area contributed by atoms with Gasteiger partial charge in [0.1, 0.15) is 6.33 Å². The molecule has 12 nitrogen and oxygen atoms in total. The van der Waals surface area contributed by atoms with E-state index < -0.39 is 5.91 Å². The van der Waals surface area contributed by atoms with Crippen LogP contribution in [0.4, 0.5) is 17.2 Å². The van der Waals surface area contributed by atoms with E-state index in [-0.39, 0.29) is 29.4 Å². The Morgan fingerprint density at radius 2 is 2.00 bits per heavy atom. The van der Waals surface area contributed by atoms with Gasteiger partial charge in [-0.3, -0.25) is 19.7 Å². The van der Waals surface area contributed by atoms with Crippen LogP contribution in [-0.2, 0) is 11.8 Å². The molecule has 35 heavy (non-hydrogen) atoms. The summed E-state index contributed by atoms with van der Waals surface area (Å²) in [7, 11) is 1.79. The number of aromatic nitrogens is 5. The largest absolute Gasteiger partial charge is 0.488 e. The first-order valence-corrected chi connectivity index (χ1v) is 11.5. The van der Waals surface area contributed by atoms with Crippen LogP contribution >= 0.6 is 0 Å². The normalized spacial score (nSPS) is 12.9. The lowest BCUT2D eigenvalue weighted by Gasteiger charge is -2.19. The summed E-state index contributed by atoms with van der Waals surface area (Å²) in [6.45, 7) is 6.22. The van der Waals surface area contributed by atoms with E-state index in [9.17, 15) is 9.59 Å². The summed E-state index contributed by atoms with van der Waals surface area (Å²) in [5.41, 5.74) is 7.01. The summed E-state index contributed by atoms with van der Waals surface area (Å²) in [5.74, 6) is 0.684. The van der Waals surface area contributed by atoms with Gasteiger partial charge in [0.2, 0.25) is 5.91 Å². The molecule has 1 aliphatic carbocycles. The van der Waals surface area contributed by atoms with Crippen LogP contribution in [0.15, 0.2) is 30.6 Å². The van der Waals surface area contributed by atoms with Crippen molar-refractivity contribution in [3.05, 3.63) is 36.3 Å². The van der Waals surface area contributed by atoms with Gasteiger partial charge in [0, 0.05) is 25.6 Å². The second-order valence-corrected chi connectivity index (χ2v) is 8.46. The number of ether oxygens (including phenoxy) is 1. The number of hydrogen-bond acceptors (Lipinski definition) is 9. The zero-order chi connectivity index (χ0) is 24.9. The standard InChI is InChI=1S/C23H29N9O3/c1-5-25-30-23(34)19-17(11-18(28-29-19)27-22(33)14-9-10-14)26-16-8-6-7-15(20(16)35-13(2)3)21-24-12-32(4)31-21/h6-8,11-14,25H,5,9-10H2,1-4H3,(H,30,34)(H2,26,27,28,33). The van der Waals surface area contributed by atoms with E-state index in [4.69, 9.17) is 4.74 Å². The van der Waals surface area contributed by atoms with Crippen LogP contribution in [0.1, 0.15) is 44.1 Å². The lowest BCUT2D eigenvalue weighted by molar-refractivity contribution is -0.117. The molecule has 2 aromatic heterocycles. The first-order chi connectivity index (χ1) is 16.9. The molecule has 0 saturated heterocycles. The lowest BCUT2D eigenvalue weighted by Crippen LogP contribution is -2.38. The van der Waals surface area contributed by atoms with Crippen LogP contribution in [0, 0.1) is 5.92 Å². The third kappa shape index (κ3) is 5.90. The fourth-order valence-corrected chi connectivity index (χ4v) is 3.30. The summed E-state index contributed by atoms with van der Waals surface area (Å²) in [6, 6.07) is 7.10. The Kier molecular flexibility index (Phi) is 7.20. The molecule has 1 fully saturated rings. The summed E-state index contributed by atoms with van der Waals surface area (Å²) >= 11 is 0. The molecule has 4 rings (SSSR count). The molecule has 0 aliphatic heterocycles. The number of hydrogen-bond donors (Lipinski definition) is 4. The number of hydrazine groups is 1. The van der Waals surface area contributed by atoms with E-state index in [1.54, 1.807) is 24.1 Å². The number of benzene rings is 1. The van der Waals surface area contributed by atoms with E-state index in [0.717, 1.165) is 12.8 Å². The third-order valence-corrected chi connectivity index (χ3v) is 5.07. The topological polar surface area (TPSA) is 148 Å². The maximum absolute atomic E-state index is 12.8. The van der Waals surface area contributed by atoms with Crippen molar-refractivity contribution >= 4 is 29.0 Å². The second kappa shape index (κ2) is 10.5. The van der Waals surface area contributed by atoms with E-state index >= 15 is 0 Å². The first-order valence-electron chi connectivity index (χ1n) is 11.5. The van der Waals surface area contributed by atoms with Crippen molar-refractivity contribution in [1.29, 1.82) is 0 Å². The van der Waals surface area contributed by atoms with Gasteiger partial charge in [-0.1, -0.05) is 13.0 Å². The minimum Gasteiger partial charge on any atom is -0.488 e. The van der Waals surface area contributed by atoms with E-state index in [1.165, 1.54) is 0 Å². The van der Waals surface area contributed by atoms with Gasteiger partial charge in [0.15, 0.2) is 23.1 Å². The van der Waals surface area contributed by atoms with Gasteiger partial charge in [-0.15, -0.1) is 10.2 Å². The number of para-hydroxylation sites is 1. The van der Waals surface area contributed by atoms with Crippen LogP contribution in [0.3, 0.4) is 0 Å². The molecule has 0 bridgehead atoms. The van der Waals surface area contributed by atoms with E-state index in [2.05, 4.69) is 41.8 Å². The van der Waals surface area contributed by atoms with Crippen molar-refractivity contribution in [2.24, 2.45) is 13.0 Å². The van der Waals surface area contributed by atoms with E-state index in [1.807, 2.05) is 39.0 Å². The number of anilines is 3. The zero-order valence-electron chi connectivity index (χ0n) is 20.1. The SMILES string of the molecule is CCNNC(=O)c1nnc(NC(=O)C2CC2)cc1Nc1cccc(-c2ncn(C)n2)c1OC(C)C. The molecule has 1 saturated carbocycles. The minimum atomic E-state index is -0.476. The molecule has 0 unspecified atom stereocenters. The summed E-state index contributed by atoms with van der Waals surface area (Å²) < 4.78 is 7.75. The van der Waals surface area contributed by atoms with Crippen LogP contribution in [0.2, 0.25) is 0 Å². The average molecular weight is 480 g/mol. The minimum absolute atomic E-state index is 0.00135. The van der Waals surface area contributed by atoms with Crippen molar-refractivity contribution in [2.45, 2.75) is 39.7 Å². The maximum Gasteiger partial charge on any atom is 0.288 e. The third-order valence-electron chi connectivity index (χ3n) is 5.07. The fourth-order valence-electron chi connectivity index (χ4n) is 3.30. The van der Waals surface area contributed by atoms with Crippen LogP contribution in [0.5, 0.6) is 5.75 Å². The van der Waals surface area contributed by atoms with Gasteiger partial charge in [-0.05, 0) is 38.8 Å². The molecule has 1 aromatic carbocycles. The highest BCUT2D eigenvalue weighted by atomic mass is 16.5. The molecule has 2 amide bonds. The number of nitrogens with one attached hydrogen (secondary N) is 4. The average Bonchev–Trinajstić information content (AvgIpc) is 3.59. The second-order valence-electron chi connectivity index (χ2n) is 8.46. The Hall–Kier alpha value is -4.06. The van der Waals surface area contributed by atoms with Crippen LogP contribution < -0.4 is 26.2 Å². The molecule has 0 radical (unpaired) electrons. The molecule has 3 aromatic rings. The molecule has 0 atom stereocenters. The first kappa shape index (κ1) is 24.1. The monoisotopic (exact) mass is 479 g/mol. The molecule has 1 aliphatic rings. The van der Waals surface area contributed by atoms with Gasteiger partial charge in [0.25, 0.3) is 5.91 Å². The Balaban J connectivity index is 1.73. The fraction of sp³-hybridized carbons (Fsp3) is 0.391. The molecule has 0 spiro atoms. The molecular weight excluding hydrogens is 450 g/mol. The van der Waals surface area contributed by atoms with Gasteiger partial charge < -0.3 is 15.4 Å². The molecular formula is C23H29N9O3. The number of nitrogens with zero attached hydrogens (tertiary/aromatic N) is 5. The summed E-state index contributed by atoms with van der Waals surface area (Å²) in [5, 5.41) is 18.5. The van der Waals surface area contributed by atoms with Crippen LogP contribution in [0.25, 0.3) is 11.4 Å². The quantitative estimate of drug-likeness (QED) is 0.322. The van der Waals surface area contributed by atoms with E-state index in [0.29, 0.717) is 35.1 Å². The zero-order valence-corrected chi connectivity index (χ0v) is 20.1. The van der Waals surface area contributed by atoms with Crippen molar-refractivity contribution in [3.8, 4) is 17.1 Å². The van der Waals surface area contributed by atoms with Crippen molar-refractivity contribution in [3.63, 3.8) is 0 Å². The molecule has 2 heterocycles. The van der Waals surface area contributed by atoms with Gasteiger partial charge in [-0.2, -0.15) is 5.10 Å². The summed E-state index contributed by atoms with van der Waals surface area (Å²) in [4.78, 5) is 29.4. The highest BCUT2D eigenvalue weighted by Crippen LogP contribution is 2.38. The van der Waals surface area contributed by atoms with Crippen molar-refractivity contribution < 1.29 is 14.3 Å². The number of amides is 2. The van der Waals surface area contributed by atoms with Gasteiger partial charge in [-0.25, -0.2) is 10.4 Å². The Morgan fingerprint density at radius 1 is 1.20 bits per heavy atom. The lowest BCUT2D eigenvalue weighted by atomic mass is 10.1. The smallest absolute Gasteiger partial charge is 0.288 e. The number of aryl methyl sites for hydroxylation is 1. The molecule has 12 heteroatoms. The Labute approximate surface area is 202 Å². The van der Waals surface area contributed by atoms with Crippen molar-refractivity contribution in [1.82, 2.24) is 35.8 Å².